The summed E-state index contributed by atoms with van der Waals surface area (Å²) in [6.45, 7) is 1.74. The lowest BCUT2D eigenvalue weighted by Crippen LogP contribution is -2.49. The molecule has 0 saturated carbocycles. The van der Waals surface area contributed by atoms with Gasteiger partial charge < -0.3 is 14.6 Å². The highest BCUT2D eigenvalue weighted by atomic mass is 16.3. The van der Waals surface area contributed by atoms with Gasteiger partial charge in [-0.25, -0.2) is 0 Å². The van der Waals surface area contributed by atoms with Crippen LogP contribution in [0.4, 0.5) is 0 Å². The third kappa shape index (κ3) is 3.18. The Labute approximate surface area is 167 Å². The SMILES string of the molecule is O=C(c1cncc(O)c1)N1C[C@@H]2C[C@H](C1)c1cc(-c3ccccn3)cc(=O)n1C2. The summed E-state index contributed by atoms with van der Waals surface area (Å²) in [6.07, 6.45) is 5.45. The molecule has 2 aliphatic rings. The molecule has 5 rings (SSSR count). The Hall–Kier alpha value is -3.48. The van der Waals surface area contributed by atoms with Crippen LogP contribution in [-0.2, 0) is 6.54 Å². The summed E-state index contributed by atoms with van der Waals surface area (Å²) in [7, 11) is 0. The summed E-state index contributed by atoms with van der Waals surface area (Å²) in [4.78, 5) is 35.8. The van der Waals surface area contributed by atoms with Crippen LogP contribution >= 0.6 is 0 Å². The van der Waals surface area contributed by atoms with E-state index in [0.29, 0.717) is 25.2 Å². The Morgan fingerprint density at radius 3 is 2.79 bits per heavy atom. The van der Waals surface area contributed by atoms with Gasteiger partial charge in [-0.2, -0.15) is 0 Å². The number of aromatic hydroxyl groups is 1. The fourth-order valence-corrected chi connectivity index (χ4v) is 4.53. The normalized spacial score (nSPS) is 20.2. The van der Waals surface area contributed by atoms with Crippen molar-refractivity contribution in [3.05, 3.63) is 76.6 Å². The van der Waals surface area contributed by atoms with Gasteiger partial charge in [-0.05, 0) is 36.6 Å². The lowest BCUT2D eigenvalue weighted by Gasteiger charge is -2.43. The highest BCUT2D eigenvalue weighted by Crippen LogP contribution is 2.36. The van der Waals surface area contributed by atoms with Gasteiger partial charge in [-0.3, -0.25) is 19.6 Å². The second-order valence-corrected chi connectivity index (χ2v) is 7.77. The van der Waals surface area contributed by atoms with Crippen molar-refractivity contribution in [3.8, 4) is 17.0 Å². The Kier molecular flexibility index (Phi) is 4.16. The molecule has 0 radical (unpaired) electrons. The lowest BCUT2D eigenvalue weighted by atomic mass is 9.82. The molecule has 1 fully saturated rings. The van der Waals surface area contributed by atoms with E-state index >= 15 is 0 Å². The Balaban J connectivity index is 1.49. The number of hydrogen-bond acceptors (Lipinski definition) is 5. The van der Waals surface area contributed by atoms with E-state index in [2.05, 4.69) is 9.97 Å². The Morgan fingerprint density at radius 1 is 1.10 bits per heavy atom. The number of carbonyl (C=O) groups is 1. The van der Waals surface area contributed by atoms with Gasteiger partial charge >= 0.3 is 0 Å². The molecule has 3 aromatic heterocycles. The number of pyridine rings is 3. The van der Waals surface area contributed by atoms with Crippen molar-refractivity contribution in [2.24, 2.45) is 5.92 Å². The van der Waals surface area contributed by atoms with Crippen molar-refractivity contribution in [2.45, 2.75) is 18.9 Å². The van der Waals surface area contributed by atoms with Gasteiger partial charge in [0.2, 0.25) is 0 Å². The lowest BCUT2D eigenvalue weighted by molar-refractivity contribution is 0.0594. The maximum absolute atomic E-state index is 12.9. The molecule has 1 saturated heterocycles. The van der Waals surface area contributed by atoms with Gasteiger partial charge in [0.15, 0.2) is 0 Å². The maximum atomic E-state index is 12.9. The predicted molar refractivity (Wildman–Crippen MR) is 107 cm³/mol. The van der Waals surface area contributed by atoms with Gasteiger partial charge in [0.05, 0.1) is 17.5 Å². The number of piperidine rings is 1. The molecule has 1 amide bonds. The van der Waals surface area contributed by atoms with E-state index in [-0.39, 0.29) is 29.1 Å². The molecule has 29 heavy (non-hydrogen) atoms. The van der Waals surface area contributed by atoms with Crippen LogP contribution in [0.3, 0.4) is 0 Å². The molecule has 3 aromatic rings. The maximum Gasteiger partial charge on any atom is 0.255 e. The summed E-state index contributed by atoms with van der Waals surface area (Å²) in [5, 5.41) is 9.64. The minimum Gasteiger partial charge on any atom is -0.506 e. The fraction of sp³-hybridized carbons (Fsp3) is 0.273. The number of amides is 1. The third-order valence-electron chi connectivity index (χ3n) is 5.77. The summed E-state index contributed by atoms with van der Waals surface area (Å²) >= 11 is 0. The first-order valence-electron chi connectivity index (χ1n) is 9.68. The monoisotopic (exact) mass is 388 g/mol. The first kappa shape index (κ1) is 17.6. The van der Waals surface area contributed by atoms with Crippen molar-refractivity contribution in [1.82, 2.24) is 19.4 Å². The van der Waals surface area contributed by atoms with Gasteiger partial charge in [0.1, 0.15) is 5.75 Å². The van der Waals surface area contributed by atoms with Crippen molar-refractivity contribution in [1.29, 1.82) is 0 Å². The van der Waals surface area contributed by atoms with Crippen molar-refractivity contribution in [3.63, 3.8) is 0 Å². The zero-order valence-corrected chi connectivity index (χ0v) is 15.7. The number of fused-ring (bicyclic) bond motifs is 4. The molecule has 2 bridgehead atoms. The molecule has 0 spiro atoms. The zero-order valence-electron chi connectivity index (χ0n) is 15.7. The van der Waals surface area contributed by atoms with E-state index in [1.165, 1.54) is 18.5 Å². The molecule has 146 valence electrons. The number of carbonyl (C=O) groups excluding carboxylic acids is 1. The number of aromatic nitrogens is 3. The molecule has 1 N–H and O–H groups in total. The highest BCUT2D eigenvalue weighted by Gasteiger charge is 2.37. The summed E-state index contributed by atoms with van der Waals surface area (Å²) in [6, 6.07) is 10.8. The fourth-order valence-electron chi connectivity index (χ4n) is 4.53. The standard InChI is InChI=1S/C22H20N4O3/c27-18-6-16(9-23-10-18)22(29)25-11-14-5-17(13-25)20-7-15(8-21(28)26(20)12-14)19-3-1-2-4-24-19/h1-4,6-10,14,17,27H,5,11-13H2/t14-,17+/m0/s1. The zero-order chi connectivity index (χ0) is 20.0. The summed E-state index contributed by atoms with van der Waals surface area (Å²) in [5.74, 6) is 0.159. The van der Waals surface area contributed by atoms with E-state index in [1.807, 2.05) is 33.7 Å². The first-order valence-corrected chi connectivity index (χ1v) is 9.68. The quantitative estimate of drug-likeness (QED) is 0.728. The van der Waals surface area contributed by atoms with Crippen molar-refractivity contribution >= 4 is 5.91 Å². The van der Waals surface area contributed by atoms with Crippen LogP contribution < -0.4 is 5.56 Å². The molecule has 2 atom stereocenters. The van der Waals surface area contributed by atoms with Gasteiger partial charge in [-0.1, -0.05) is 6.07 Å². The van der Waals surface area contributed by atoms with Gasteiger partial charge in [0, 0.05) is 55.3 Å². The molecule has 7 nitrogen and oxygen atoms in total. The third-order valence-corrected chi connectivity index (χ3v) is 5.77. The molecular formula is C22H20N4O3. The minimum absolute atomic E-state index is 0.0187. The Morgan fingerprint density at radius 2 is 2.00 bits per heavy atom. The number of hydrogen-bond donors (Lipinski definition) is 1. The minimum atomic E-state index is -0.139. The average molecular weight is 388 g/mol. The molecule has 2 aliphatic heterocycles. The van der Waals surface area contributed by atoms with Gasteiger partial charge in [0.25, 0.3) is 11.5 Å². The van der Waals surface area contributed by atoms with Crippen LogP contribution in [0.2, 0.25) is 0 Å². The molecule has 0 unspecified atom stereocenters. The highest BCUT2D eigenvalue weighted by molar-refractivity contribution is 5.94. The van der Waals surface area contributed by atoms with Crippen LogP contribution in [-0.4, -0.2) is 43.5 Å². The molecular weight excluding hydrogens is 368 g/mol. The van der Waals surface area contributed by atoms with Crippen LogP contribution in [0, 0.1) is 5.92 Å². The topological polar surface area (TPSA) is 88.3 Å². The predicted octanol–water partition coefficient (Wildman–Crippen LogP) is 2.27. The first-order chi connectivity index (χ1) is 14.1. The van der Waals surface area contributed by atoms with E-state index in [1.54, 1.807) is 12.3 Å². The smallest absolute Gasteiger partial charge is 0.255 e. The van der Waals surface area contributed by atoms with Crippen molar-refractivity contribution < 1.29 is 9.90 Å². The van der Waals surface area contributed by atoms with Crippen LogP contribution in [0.25, 0.3) is 11.3 Å². The average Bonchev–Trinajstić information content (AvgIpc) is 2.74. The molecule has 7 heteroatoms. The van der Waals surface area contributed by atoms with Gasteiger partial charge in [-0.15, -0.1) is 0 Å². The van der Waals surface area contributed by atoms with Crippen molar-refractivity contribution in [2.75, 3.05) is 13.1 Å². The molecule has 0 aliphatic carbocycles. The Bertz CT molecular complexity index is 1140. The van der Waals surface area contributed by atoms with E-state index < -0.39 is 0 Å². The van der Waals surface area contributed by atoms with E-state index in [4.69, 9.17) is 0 Å². The van der Waals surface area contributed by atoms with Crippen LogP contribution in [0.5, 0.6) is 5.75 Å². The summed E-state index contributed by atoms with van der Waals surface area (Å²) < 4.78 is 1.85. The number of rotatable bonds is 2. The largest absolute Gasteiger partial charge is 0.506 e. The van der Waals surface area contributed by atoms with Crippen LogP contribution in [0.15, 0.2) is 59.8 Å². The molecule has 5 heterocycles. The second-order valence-electron chi connectivity index (χ2n) is 7.77. The van der Waals surface area contributed by atoms with E-state index in [0.717, 1.165) is 23.4 Å². The summed E-state index contributed by atoms with van der Waals surface area (Å²) in [5.41, 5.74) is 2.89. The van der Waals surface area contributed by atoms with Crippen LogP contribution in [0.1, 0.15) is 28.4 Å². The second kappa shape index (κ2) is 6.84. The molecule has 0 aromatic carbocycles. The number of nitrogens with zero attached hydrogens (tertiary/aromatic N) is 4. The van der Waals surface area contributed by atoms with E-state index in [9.17, 15) is 14.7 Å². The number of likely N-dealkylation sites (tertiary alicyclic amines) is 1.